The van der Waals surface area contributed by atoms with Crippen molar-refractivity contribution in [2.75, 3.05) is 20.8 Å². The number of carbonyl (C=O) groups is 1. The minimum absolute atomic E-state index is 0.0683. The Kier molecular flexibility index (Phi) is 5.91. The minimum atomic E-state index is -0.0683. The number of hydrogen-bond donors (Lipinski definition) is 1. The molecule has 5 heteroatoms. The lowest BCUT2D eigenvalue weighted by atomic mass is 9.89. The molecular weight excluding hydrogens is 334 g/mol. The summed E-state index contributed by atoms with van der Waals surface area (Å²) < 4.78 is 10.4. The van der Waals surface area contributed by atoms with Gasteiger partial charge in [-0.15, -0.1) is 0 Å². The van der Waals surface area contributed by atoms with Crippen molar-refractivity contribution < 1.29 is 14.3 Å². The van der Waals surface area contributed by atoms with Crippen molar-refractivity contribution in [1.82, 2.24) is 5.32 Å². The highest BCUT2D eigenvalue weighted by Gasteiger charge is 2.23. The van der Waals surface area contributed by atoms with E-state index in [4.69, 9.17) is 9.47 Å². The molecule has 1 aromatic carbocycles. The van der Waals surface area contributed by atoms with Crippen molar-refractivity contribution >= 4 is 21.8 Å². The molecular formula is C16H22BrNO3. The van der Waals surface area contributed by atoms with Gasteiger partial charge in [-0.05, 0) is 37.0 Å². The zero-order valence-corrected chi connectivity index (χ0v) is 14.1. The number of methoxy groups -OCH3 is 2. The molecule has 1 amide bonds. The van der Waals surface area contributed by atoms with Crippen LogP contribution in [0.5, 0.6) is 11.5 Å². The lowest BCUT2D eigenvalue weighted by Gasteiger charge is -2.27. The first-order valence-electron chi connectivity index (χ1n) is 7.30. The van der Waals surface area contributed by atoms with Gasteiger partial charge in [0.1, 0.15) is 0 Å². The summed E-state index contributed by atoms with van der Waals surface area (Å²) in [4.78, 5) is 12.8. The second-order valence-electron chi connectivity index (χ2n) is 5.34. The Morgan fingerprint density at radius 3 is 2.62 bits per heavy atom. The Bertz CT molecular complexity index is 492. The van der Waals surface area contributed by atoms with Crippen LogP contribution in [0.25, 0.3) is 0 Å². The summed E-state index contributed by atoms with van der Waals surface area (Å²) in [5.41, 5.74) is 0.592. The van der Waals surface area contributed by atoms with E-state index >= 15 is 0 Å². The van der Waals surface area contributed by atoms with Crippen LogP contribution < -0.4 is 14.8 Å². The highest BCUT2D eigenvalue weighted by molar-refractivity contribution is 9.09. The first kappa shape index (κ1) is 16.1. The molecule has 1 N–H and O–H groups in total. The van der Waals surface area contributed by atoms with Crippen molar-refractivity contribution in [1.29, 1.82) is 0 Å². The molecule has 4 nitrogen and oxygen atoms in total. The predicted molar refractivity (Wildman–Crippen MR) is 86.6 cm³/mol. The van der Waals surface area contributed by atoms with Crippen LogP contribution >= 0.6 is 15.9 Å². The van der Waals surface area contributed by atoms with Gasteiger partial charge < -0.3 is 14.8 Å². The third-order valence-electron chi connectivity index (χ3n) is 3.99. The topological polar surface area (TPSA) is 47.6 Å². The molecule has 2 atom stereocenters. The van der Waals surface area contributed by atoms with Crippen LogP contribution in [-0.2, 0) is 0 Å². The zero-order valence-electron chi connectivity index (χ0n) is 12.5. The molecule has 2 unspecified atom stereocenters. The number of rotatable bonds is 5. The summed E-state index contributed by atoms with van der Waals surface area (Å²) in [6.45, 7) is 0.711. The van der Waals surface area contributed by atoms with Crippen LogP contribution in [0.3, 0.4) is 0 Å². The Labute approximate surface area is 134 Å². The van der Waals surface area contributed by atoms with E-state index in [-0.39, 0.29) is 5.91 Å². The van der Waals surface area contributed by atoms with Gasteiger partial charge in [0.25, 0.3) is 5.91 Å². The van der Waals surface area contributed by atoms with E-state index in [1.807, 2.05) is 0 Å². The van der Waals surface area contributed by atoms with Crippen LogP contribution in [0.4, 0.5) is 0 Å². The second-order valence-corrected chi connectivity index (χ2v) is 6.52. The summed E-state index contributed by atoms with van der Waals surface area (Å²) in [5.74, 6) is 1.65. The molecule has 0 aliphatic heterocycles. The third kappa shape index (κ3) is 4.13. The molecule has 0 radical (unpaired) electrons. The highest BCUT2D eigenvalue weighted by atomic mass is 79.9. The fraction of sp³-hybridized carbons (Fsp3) is 0.562. The Morgan fingerprint density at radius 2 is 1.95 bits per heavy atom. The molecule has 0 spiro atoms. The molecule has 1 aromatic rings. The number of hydrogen-bond acceptors (Lipinski definition) is 3. The maximum atomic E-state index is 12.2. The van der Waals surface area contributed by atoms with E-state index in [1.54, 1.807) is 32.4 Å². The van der Waals surface area contributed by atoms with E-state index < -0.39 is 0 Å². The minimum Gasteiger partial charge on any atom is -0.493 e. The fourth-order valence-electron chi connectivity index (χ4n) is 2.70. The monoisotopic (exact) mass is 355 g/mol. The lowest BCUT2D eigenvalue weighted by Crippen LogP contribution is -2.34. The summed E-state index contributed by atoms with van der Waals surface area (Å²) in [6.07, 6.45) is 4.88. The van der Waals surface area contributed by atoms with E-state index in [0.29, 0.717) is 34.4 Å². The largest absolute Gasteiger partial charge is 0.493 e. The molecule has 1 aliphatic rings. The van der Waals surface area contributed by atoms with Crippen LogP contribution in [0.1, 0.15) is 36.0 Å². The van der Waals surface area contributed by atoms with E-state index in [2.05, 4.69) is 21.2 Å². The van der Waals surface area contributed by atoms with Crippen LogP contribution in [0.15, 0.2) is 18.2 Å². The van der Waals surface area contributed by atoms with Crippen molar-refractivity contribution in [2.45, 2.75) is 30.5 Å². The number of alkyl halides is 1. The van der Waals surface area contributed by atoms with Gasteiger partial charge in [0.05, 0.1) is 14.2 Å². The lowest BCUT2D eigenvalue weighted by molar-refractivity contribution is 0.0944. The molecule has 116 valence electrons. The number of carbonyl (C=O) groups excluding carboxylic acids is 1. The molecule has 0 aromatic heterocycles. The average Bonchev–Trinajstić information content (AvgIpc) is 2.53. The highest BCUT2D eigenvalue weighted by Crippen LogP contribution is 2.30. The smallest absolute Gasteiger partial charge is 0.251 e. The fourth-order valence-corrected chi connectivity index (χ4v) is 3.47. The van der Waals surface area contributed by atoms with Crippen molar-refractivity contribution in [2.24, 2.45) is 5.92 Å². The molecule has 0 bridgehead atoms. The summed E-state index contributed by atoms with van der Waals surface area (Å²) in [6, 6.07) is 5.21. The first-order chi connectivity index (χ1) is 10.2. The van der Waals surface area contributed by atoms with Crippen LogP contribution in [-0.4, -0.2) is 31.5 Å². The molecule has 1 saturated carbocycles. The van der Waals surface area contributed by atoms with E-state index in [1.165, 1.54) is 25.7 Å². The number of nitrogens with one attached hydrogen (secondary N) is 1. The maximum absolute atomic E-state index is 12.2. The van der Waals surface area contributed by atoms with Gasteiger partial charge in [-0.2, -0.15) is 0 Å². The molecule has 0 saturated heterocycles. The van der Waals surface area contributed by atoms with Gasteiger partial charge in [-0.1, -0.05) is 28.8 Å². The predicted octanol–water partition coefficient (Wildman–Crippen LogP) is 3.39. The third-order valence-corrected chi connectivity index (χ3v) is 5.19. The van der Waals surface area contributed by atoms with Gasteiger partial charge in [0, 0.05) is 16.9 Å². The quantitative estimate of drug-likeness (QED) is 0.823. The van der Waals surface area contributed by atoms with Gasteiger partial charge in [-0.25, -0.2) is 0 Å². The van der Waals surface area contributed by atoms with Crippen LogP contribution in [0.2, 0.25) is 0 Å². The molecule has 2 rings (SSSR count). The van der Waals surface area contributed by atoms with Crippen LogP contribution in [0, 0.1) is 5.92 Å². The molecule has 1 aliphatic carbocycles. The standard InChI is InChI=1S/C16H22BrNO3/c1-20-14-8-7-11(9-15(14)21-2)16(19)18-10-12-5-3-4-6-13(12)17/h7-9,12-13H,3-6,10H2,1-2H3,(H,18,19). The van der Waals surface area contributed by atoms with Gasteiger partial charge in [0.15, 0.2) is 11.5 Å². The summed E-state index contributed by atoms with van der Waals surface area (Å²) >= 11 is 3.71. The van der Waals surface area contributed by atoms with E-state index in [9.17, 15) is 4.79 Å². The van der Waals surface area contributed by atoms with Crippen molar-refractivity contribution in [3.63, 3.8) is 0 Å². The number of amides is 1. The Balaban J connectivity index is 1.96. The first-order valence-corrected chi connectivity index (χ1v) is 8.21. The molecule has 1 fully saturated rings. The van der Waals surface area contributed by atoms with Gasteiger partial charge in [0.2, 0.25) is 0 Å². The number of benzene rings is 1. The number of ether oxygens (including phenoxy) is 2. The molecule has 21 heavy (non-hydrogen) atoms. The molecule has 0 heterocycles. The summed E-state index contributed by atoms with van der Waals surface area (Å²) in [7, 11) is 3.15. The summed E-state index contributed by atoms with van der Waals surface area (Å²) in [5, 5.41) is 3.02. The van der Waals surface area contributed by atoms with E-state index in [0.717, 1.165) is 0 Å². The Morgan fingerprint density at radius 1 is 1.24 bits per heavy atom. The maximum Gasteiger partial charge on any atom is 0.251 e. The SMILES string of the molecule is COc1ccc(C(=O)NCC2CCCCC2Br)cc1OC. The van der Waals surface area contributed by atoms with Gasteiger partial charge in [-0.3, -0.25) is 4.79 Å². The average molecular weight is 356 g/mol. The second kappa shape index (κ2) is 7.69. The van der Waals surface area contributed by atoms with Crippen molar-refractivity contribution in [3.05, 3.63) is 23.8 Å². The number of halogens is 1. The zero-order chi connectivity index (χ0) is 15.2. The van der Waals surface area contributed by atoms with Gasteiger partial charge >= 0.3 is 0 Å². The Hall–Kier alpha value is -1.23. The van der Waals surface area contributed by atoms with Crippen molar-refractivity contribution in [3.8, 4) is 11.5 Å². The normalized spacial score (nSPS) is 21.7.